The van der Waals surface area contributed by atoms with Crippen LogP contribution in [0.1, 0.15) is 17.0 Å². The van der Waals surface area contributed by atoms with Crippen LogP contribution in [-0.2, 0) is 0 Å². The van der Waals surface area contributed by atoms with Gasteiger partial charge in [0.25, 0.3) is 0 Å². The molecule has 0 fully saturated rings. The van der Waals surface area contributed by atoms with Gasteiger partial charge in [0.05, 0.1) is 14.2 Å². The van der Waals surface area contributed by atoms with Crippen LogP contribution in [0, 0.1) is 6.92 Å². The zero-order valence-electron chi connectivity index (χ0n) is 10.7. The summed E-state index contributed by atoms with van der Waals surface area (Å²) in [6.45, 7) is 4.22. The van der Waals surface area contributed by atoms with E-state index in [1.54, 1.807) is 14.2 Å². The fourth-order valence-corrected chi connectivity index (χ4v) is 1.91. The van der Waals surface area contributed by atoms with Crippen molar-refractivity contribution in [2.75, 3.05) is 14.2 Å². The molecule has 93 valence electrons. The minimum absolute atomic E-state index is 0.0650. The Balaban J connectivity index is 2.31. The van der Waals surface area contributed by atoms with E-state index >= 15 is 0 Å². The van der Waals surface area contributed by atoms with Crippen LogP contribution in [0.4, 0.5) is 0 Å². The van der Waals surface area contributed by atoms with Crippen LogP contribution in [0.15, 0.2) is 48.5 Å². The molecule has 2 rings (SSSR count). The highest BCUT2D eigenvalue weighted by Crippen LogP contribution is 2.28. The molecule has 0 bridgehead atoms. The highest BCUT2D eigenvalue weighted by Gasteiger charge is 2.10. The van der Waals surface area contributed by atoms with E-state index in [0.29, 0.717) is 0 Å². The first-order valence-electron chi connectivity index (χ1n) is 5.85. The third kappa shape index (κ3) is 2.65. The monoisotopic (exact) mass is 241 g/mol. The molecule has 0 aliphatic heterocycles. The lowest BCUT2D eigenvalue weighted by Gasteiger charge is -2.14. The Morgan fingerprint density at radius 2 is 1.28 bits per heavy atom. The summed E-state index contributed by atoms with van der Waals surface area (Å²) >= 11 is 0. The standard InChI is InChI=1S/C16H17O2/c1-12(13-6-4-8-15(10-13)17-2)14-7-5-9-16(11-14)18-3/h4-12H,1H2,2-3H3. The molecule has 2 aromatic rings. The first-order valence-corrected chi connectivity index (χ1v) is 5.85. The second-order valence-corrected chi connectivity index (χ2v) is 4.11. The second kappa shape index (κ2) is 5.58. The molecule has 0 heterocycles. The zero-order chi connectivity index (χ0) is 13.0. The molecule has 0 saturated carbocycles. The van der Waals surface area contributed by atoms with Crippen molar-refractivity contribution in [1.29, 1.82) is 0 Å². The van der Waals surface area contributed by atoms with Gasteiger partial charge in [-0.15, -0.1) is 0 Å². The fraction of sp³-hybridized carbons (Fsp3) is 0.188. The Kier molecular flexibility index (Phi) is 3.88. The highest BCUT2D eigenvalue weighted by atomic mass is 16.5. The molecule has 0 spiro atoms. The maximum absolute atomic E-state index is 5.23. The van der Waals surface area contributed by atoms with E-state index in [1.165, 1.54) is 0 Å². The first kappa shape index (κ1) is 12.5. The Morgan fingerprint density at radius 3 is 1.67 bits per heavy atom. The molecule has 18 heavy (non-hydrogen) atoms. The van der Waals surface area contributed by atoms with Crippen molar-refractivity contribution in [3.63, 3.8) is 0 Å². The molecule has 0 aromatic heterocycles. The number of ether oxygens (including phenoxy) is 2. The molecule has 0 saturated heterocycles. The average molecular weight is 241 g/mol. The lowest BCUT2D eigenvalue weighted by molar-refractivity contribution is 0.413. The number of hydrogen-bond acceptors (Lipinski definition) is 2. The molecule has 0 N–H and O–H groups in total. The van der Waals surface area contributed by atoms with Crippen molar-refractivity contribution in [2.24, 2.45) is 0 Å². The normalized spacial score (nSPS) is 10.4. The minimum Gasteiger partial charge on any atom is -0.497 e. The quantitative estimate of drug-likeness (QED) is 0.813. The number of benzene rings is 2. The maximum Gasteiger partial charge on any atom is 0.119 e. The van der Waals surface area contributed by atoms with Gasteiger partial charge >= 0.3 is 0 Å². The summed E-state index contributed by atoms with van der Waals surface area (Å²) in [5, 5.41) is 0. The van der Waals surface area contributed by atoms with Crippen LogP contribution in [0.25, 0.3) is 0 Å². The van der Waals surface area contributed by atoms with E-state index in [-0.39, 0.29) is 5.92 Å². The molecule has 2 heteroatoms. The van der Waals surface area contributed by atoms with Crippen molar-refractivity contribution in [2.45, 2.75) is 5.92 Å². The fourth-order valence-electron chi connectivity index (χ4n) is 1.91. The molecular weight excluding hydrogens is 224 g/mol. The van der Waals surface area contributed by atoms with Crippen molar-refractivity contribution in [1.82, 2.24) is 0 Å². The number of rotatable bonds is 4. The van der Waals surface area contributed by atoms with Crippen LogP contribution in [0.3, 0.4) is 0 Å². The van der Waals surface area contributed by atoms with Crippen molar-refractivity contribution < 1.29 is 9.47 Å². The average Bonchev–Trinajstić information content (AvgIpc) is 2.46. The van der Waals surface area contributed by atoms with Crippen LogP contribution in [0.2, 0.25) is 0 Å². The predicted molar refractivity (Wildman–Crippen MR) is 73.2 cm³/mol. The minimum atomic E-state index is 0.0650. The van der Waals surface area contributed by atoms with E-state index in [2.05, 4.69) is 19.1 Å². The van der Waals surface area contributed by atoms with Gasteiger partial charge in [-0.25, -0.2) is 0 Å². The first-order chi connectivity index (χ1) is 8.74. The van der Waals surface area contributed by atoms with Gasteiger partial charge in [-0.2, -0.15) is 0 Å². The van der Waals surface area contributed by atoms with E-state index in [0.717, 1.165) is 22.6 Å². The summed E-state index contributed by atoms with van der Waals surface area (Å²) in [6, 6.07) is 16.0. The predicted octanol–water partition coefficient (Wildman–Crippen LogP) is 3.67. The molecule has 0 unspecified atom stereocenters. The SMILES string of the molecule is [CH2]C(c1cccc(OC)c1)c1cccc(OC)c1. The molecule has 2 nitrogen and oxygen atoms in total. The largest absolute Gasteiger partial charge is 0.497 e. The van der Waals surface area contributed by atoms with E-state index in [4.69, 9.17) is 9.47 Å². The lowest BCUT2D eigenvalue weighted by atomic mass is 9.93. The van der Waals surface area contributed by atoms with Gasteiger partial charge in [0.2, 0.25) is 0 Å². The van der Waals surface area contributed by atoms with Crippen molar-refractivity contribution >= 4 is 0 Å². The van der Waals surface area contributed by atoms with Gasteiger partial charge in [0, 0.05) is 5.92 Å². The topological polar surface area (TPSA) is 18.5 Å². The summed E-state index contributed by atoms with van der Waals surface area (Å²) < 4.78 is 10.5. The molecule has 0 amide bonds. The summed E-state index contributed by atoms with van der Waals surface area (Å²) in [7, 11) is 3.34. The van der Waals surface area contributed by atoms with Gasteiger partial charge in [0.15, 0.2) is 0 Å². The maximum atomic E-state index is 5.23. The highest BCUT2D eigenvalue weighted by molar-refractivity contribution is 5.40. The Bertz CT molecular complexity index is 473. The molecule has 0 atom stereocenters. The molecular formula is C16H17O2. The van der Waals surface area contributed by atoms with Crippen LogP contribution in [0.5, 0.6) is 11.5 Å². The van der Waals surface area contributed by atoms with Crippen molar-refractivity contribution in [3.8, 4) is 11.5 Å². The third-order valence-corrected chi connectivity index (χ3v) is 2.99. The summed E-state index contributed by atoms with van der Waals surface area (Å²) in [5.74, 6) is 1.77. The summed E-state index contributed by atoms with van der Waals surface area (Å²) in [4.78, 5) is 0. The van der Waals surface area contributed by atoms with Gasteiger partial charge in [-0.05, 0) is 42.3 Å². The van der Waals surface area contributed by atoms with Gasteiger partial charge in [-0.3, -0.25) is 0 Å². The molecule has 2 aromatic carbocycles. The van der Waals surface area contributed by atoms with Crippen LogP contribution in [-0.4, -0.2) is 14.2 Å². The molecule has 1 radical (unpaired) electrons. The van der Waals surface area contributed by atoms with E-state index in [1.807, 2.05) is 36.4 Å². The van der Waals surface area contributed by atoms with Gasteiger partial charge in [0.1, 0.15) is 11.5 Å². The van der Waals surface area contributed by atoms with E-state index in [9.17, 15) is 0 Å². The van der Waals surface area contributed by atoms with E-state index < -0.39 is 0 Å². The van der Waals surface area contributed by atoms with Crippen LogP contribution < -0.4 is 9.47 Å². The Hall–Kier alpha value is -1.96. The van der Waals surface area contributed by atoms with Gasteiger partial charge in [-0.1, -0.05) is 24.3 Å². The van der Waals surface area contributed by atoms with Gasteiger partial charge < -0.3 is 9.47 Å². The number of methoxy groups -OCH3 is 2. The smallest absolute Gasteiger partial charge is 0.119 e. The Labute approximate surface area is 108 Å². The molecule has 0 aliphatic rings. The van der Waals surface area contributed by atoms with Crippen LogP contribution >= 0.6 is 0 Å². The zero-order valence-corrected chi connectivity index (χ0v) is 10.7. The third-order valence-electron chi connectivity index (χ3n) is 2.99. The summed E-state index contributed by atoms with van der Waals surface area (Å²) in [6.07, 6.45) is 0. The molecule has 0 aliphatic carbocycles. The van der Waals surface area contributed by atoms with Crippen molar-refractivity contribution in [3.05, 3.63) is 66.6 Å². The summed E-state index contributed by atoms with van der Waals surface area (Å²) in [5.41, 5.74) is 2.25. The second-order valence-electron chi connectivity index (χ2n) is 4.11. The number of hydrogen-bond donors (Lipinski definition) is 0. The lowest BCUT2D eigenvalue weighted by Crippen LogP contribution is -1.97. The Morgan fingerprint density at radius 1 is 0.833 bits per heavy atom.